The first kappa shape index (κ1) is 26.2. The Labute approximate surface area is 206 Å². The van der Waals surface area contributed by atoms with Crippen molar-refractivity contribution in [1.82, 2.24) is 5.06 Å². The summed E-state index contributed by atoms with van der Waals surface area (Å²) in [6, 6.07) is 0. The van der Waals surface area contributed by atoms with Gasteiger partial charge in [0.15, 0.2) is 0 Å². The molecule has 4 saturated carbocycles. The summed E-state index contributed by atoms with van der Waals surface area (Å²) < 4.78 is 5.41. The summed E-state index contributed by atoms with van der Waals surface area (Å²) >= 11 is 0. The van der Waals surface area contributed by atoms with Crippen LogP contribution in [-0.2, 0) is 9.57 Å². The van der Waals surface area contributed by atoms with E-state index < -0.39 is 6.09 Å². The molecule has 4 aliphatic carbocycles. The number of rotatable bonds is 6. The Bertz CT molecular complexity index is 732. The van der Waals surface area contributed by atoms with Crippen LogP contribution in [-0.4, -0.2) is 54.3 Å². The van der Waals surface area contributed by atoms with Gasteiger partial charge in [0.05, 0.1) is 25.9 Å². The SMILES string of the molecule is CC[C@H]1[C@@H](O)[C@@H]2[C@H](CC[C@]3(C)[C@@H]([C@H](C)CCOC(=O)N(C)OC)CC[C@@H]23)[C@@]2(C)CC[C@@H](O)C[C@@H]12. The minimum absolute atomic E-state index is 0.195. The molecule has 6 heteroatoms. The summed E-state index contributed by atoms with van der Waals surface area (Å²) in [4.78, 5) is 16.8. The molecule has 4 rings (SSSR count). The van der Waals surface area contributed by atoms with E-state index in [2.05, 4.69) is 27.7 Å². The zero-order valence-electron chi connectivity index (χ0n) is 22.3. The van der Waals surface area contributed by atoms with E-state index in [0.29, 0.717) is 48.0 Å². The van der Waals surface area contributed by atoms with Gasteiger partial charge in [-0.25, -0.2) is 4.79 Å². The fourth-order valence-corrected chi connectivity index (χ4v) is 9.63. The van der Waals surface area contributed by atoms with Gasteiger partial charge in [-0.1, -0.05) is 34.1 Å². The topological polar surface area (TPSA) is 79.2 Å². The average Bonchev–Trinajstić information content (AvgIpc) is 3.17. The summed E-state index contributed by atoms with van der Waals surface area (Å²) in [5.41, 5.74) is 0.487. The first-order valence-corrected chi connectivity index (χ1v) is 13.9. The van der Waals surface area contributed by atoms with Gasteiger partial charge < -0.3 is 14.9 Å². The molecule has 6 nitrogen and oxygen atoms in total. The molecule has 0 unspecified atom stereocenters. The van der Waals surface area contributed by atoms with E-state index >= 15 is 0 Å². The molecule has 2 N–H and O–H groups in total. The molecule has 1 amide bonds. The Balaban J connectivity index is 1.49. The molecule has 34 heavy (non-hydrogen) atoms. The lowest BCUT2D eigenvalue weighted by Gasteiger charge is -2.64. The predicted octanol–water partition coefficient (Wildman–Crippen LogP) is 5.27. The predicted molar refractivity (Wildman–Crippen MR) is 132 cm³/mol. The van der Waals surface area contributed by atoms with Gasteiger partial charge in [0.2, 0.25) is 0 Å². The van der Waals surface area contributed by atoms with E-state index in [1.165, 1.54) is 32.8 Å². The van der Waals surface area contributed by atoms with Crippen molar-refractivity contribution in [2.24, 2.45) is 52.3 Å². The van der Waals surface area contributed by atoms with Gasteiger partial charge in [0.1, 0.15) is 0 Å². The zero-order valence-corrected chi connectivity index (χ0v) is 22.3. The van der Waals surface area contributed by atoms with Crippen LogP contribution in [0.5, 0.6) is 0 Å². The second-order valence-corrected chi connectivity index (χ2v) is 12.7. The first-order chi connectivity index (χ1) is 16.1. The summed E-state index contributed by atoms with van der Waals surface area (Å²) in [5, 5.41) is 23.4. The fourth-order valence-electron chi connectivity index (χ4n) is 9.63. The number of hydroxylamine groups is 2. The quantitative estimate of drug-likeness (QED) is 0.508. The maximum atomic E-state index is 11.9. The molecule has 4 aliphatic rings. The van der Waals surface area contributed by atoms with Crippen molar-refractivity contribution >= 4 is 6.09 Å². The third-order valence-corrected chi connectivity index (χ3v) is 11.5. The number of aliphatic hydroxyl groups excluding tert-OH is 2. The summed E-state index contributed by atoms with van der Waals surface area (Å²) in [6.45, 7) is 9.97. The van der Waals surface area contributed by atoms with Crippen molar-refractivity contribution in [3.05, 3.63) is 0 Å². The molecule has 11 atom stereocenters. The lowest BCUT2D eigenvalue weighted by Crippen LogP contribution is -2.62. The molecule has 196 valence electrons. The van der Waals surface area contributed by atoms with Crippen LogP contribution in [0.2, 0.25) is 0 Å². The lowest BCUT2D eigenvalue weighted by molar-refractivity contribution is -0.203. The standard InChI is InChI=1S/C28H49NO5/c1-7-19-23-16-18(30)10-13-28(23,4)22-11-14-27(3)20(8-9-21(27)24(22)25(19)31)17(2)12-15-34-26(32)29(5)33-6/h17-25,30-31H,7-16H2,1-6H3/t17-,18-,19-,20-,21+,22+,23+,24+,25-,27-,28-/m1/s1. The molecule has 0 aliphatic heterocycles. The number of hydrogen-bond donors (Lipinski definition) is 2. The summed E-state index contributed by atoms with van der Waals surface area (Å²) in [7, 11) is 3.02. The molecule has 0 aromatic carbocycles. The van der Waals surface area contributed by atoms with Gasteiger partial charge in [-0.3, -0.25) is 4.84 Å². The average molecular weight is 480 g/mol. The molecule has 4 fully saturated rings. The highest BCUT2D eigenvalue weighted by Gasteiger charge is 2.64. The van der Waals surface area contributed by atoms with Gasteiger partial charge in [-0.2, -0.15) is 5.06 Å². The van der Waals surface area contributed by atoms with Crippen LogP contribution in [0.3, 0.4) is 0 Å². The zero-order chi connectivity index (χ0) is 24.8. The number of amides is 1. The molecule has 0 aromatic rings. The van der Waals surface area contributed by atoms with Crippen LogP contribution >= 0.6 is 0 Å². The molecule has 0 heterocycles. The largest absolute Gasteiger partial charge is 0.448 e. The Kier molecular flexibility index (Phi) is 7.63. The maximum absolute atomic E-state index is 11.9. The number of carbonyl (C=O) groups excluding carboxylic acids is 1. The molecular weight excluding hydrogens is 430 g/mol. The van der Waals surface area contributed by atoms with Crippen molar-refractivity contribution in [2.75, 3.05) is 20.8 Å². The molecule has 0 radical (unpaired) electrons. The second kappa shape index (κ2) is 9.89. The molecule has 0 saturated heterocycles. The first-order valence-electron chi connectivity index (χ1n) is 13.9. The van der Waals surface area contributed by atoms with Gasteiger partial charge in [-0.15, -0.1) is 0 Å². The minimum atomic E-state index is -0.443. The smallest absolute Gasteiger partial charge is 0.433 e. The normalized spacial score (nSPS) is 46.7. The minimum Gasteiger partial charge on any atom is -0.448 e. The van der Waals surface area contributed by atoms with Gasteiger partial charge in [0.25, 0.3) is 0 Å². The number of hydrogen-bond acceptors (Lipinski definition) is 5. The highest BCUT2D eigenvalue weighted by molar-refractivity contribution is 5.65. The Morgan fingerprint density at radius 1 is 1.06 bits per heavy atom. The van der Waals surface area contributed by atoms with Crippen LogP contribution < -0.4 is 0 Å². The van der Waals surface area contributed by atoms with E-state index in [0.717, 1.165) is 37.2 Å². The molecule has 0 bridgehead atoms. The van der Waals surface area contributed by atoms with Crippen molar-refractivity contribution in [3.63, 3.8) is 0 Å². The van der Waals surface area contributed by atoms with Crippen LogP contribution in [0.4, 0.5) is 4.79 Å². The Morgan fingerprint density at radius 3 is 2.41 bits per heavy atom. The molecule has 0 aromatic heterocycles. The third-order valence-electron chi connectivity index (χ3n) is 11.5. The van der Waals surface area contributed by atoms with Crippen molar-refractivity contribution in [2.45, 2.75) is 97.7 Å². The molecule has 0 spiro atoms. The van der Waals surface area contributed by atoms with Crippen LogP contribution in [0.25, 0.3) is 0 Å². The van der Waals surface area contributed by atoms with Crippen LogP contribution in [0, 0.1) is 52.3 Å². The van der Waals surface area contributed by atoms with Gasteiger partial charge in [-0.05, 0) is 104 Å². The summed E-state index contributed by atoms with van der Waals surface area (Å²) in [6.07, 6.45) is 8.71. The van der Waals surface area contributed by atoms with Crippen LogP contribution in [0.1, 0.15) is 85.5 Å². The number of fused-ring (bicyclic) bond motifs is 5. The number of nitrogens with zero attached hydrogens (tertiary/aromatic N) is 1. The summed E-state index contributed by atoms with van der Waals surface area (Å²) in [5.74, 6) is 3.34. The highest BCUT2D eigenvalue weighted by Crippen LogP contribution is 2.69. The number of carbonyl (C=O) groups is 1. The number of aliphatic hydroxyl groups is 2. The number of ether oxygens (including phenoxy) is 1. The highest BCUT2D eigenvalue weighted by atomic mass is 16.7. The molecular formula is C28H49NO5. The van der Waals surface area contributed by atoms with Crippen molar-refractivity contribution < 1.29 is 24.6 Å². The Hall–Kier alpha value is -0.850. The third kappa shape index (κ3) is 4.20. The van der Waals surface area contributed by atoms with Gasteiger partial charge in [0, 0.05) is 7.05 Å². The van der Waals surface area contributed by atoms with E-state index in [1.807, 2.05) is 0 Å². The lowest BCUT2D eigenvalue weighted by atomic mass is 9.41. The van der Waals surface area contributed by atoms with E-state index in [9.17, 15) is 15.0 Å². The Morgan fingerprint density at radius 2 is 1.74 bits per heavy atom. The fraction of sp³-hybridized carbons (Fsp3) is 0.964. The van der Waals surface area contributed by atoms with Crippen LogP contribution in [0.15, 0.2) is 0 Å². The maximum Gasteiger partial charge on any atom is 0.433 e. The van der Waals surface area contributed by atoms with E-state index in [4.69, 9.17) is 9.57 Å². The second-order valence-electron chi connectivity index (χ2n) is 12.7. The van der Waals surface area contributed by atoms with Gasteiger partial charge >= 0.3 is 6.09 Å². The van der Waals surface area contributed by atoms with E-state index in [1.54, 1.807) is 7.05 Å². The van der Waals surface area contributed by atoms with Crippen molar-refractivity contribution in [3.8, 4) is 0 Å². The van der Waals surface area contributed by atoms with Crippen molar-refractivity contribution in [1.29, 1.82) is 0 Å². The monoisotopic (exact) mass is 479 g/mol. The van der Waals surface area contributed by atoms with E-state index in [-0.39, 0.29) is 23.0 Å².